The number of nitro groups is 1. The number of benzene rings is 2. The molecule has 0 bridgehead atoms. The summed E-state index contributed by atoms with van der Waals surface area (Å²) in [6, 6.07) is 10.9. The van der Waals surface area contributed by atoms with E-state index in [9.17, 15) is 24.5 Å². The average molecular weight is 406 g/mol. The summed E-state index contributed by atoms with van der Waals surface area (Å²) in [6.07, 6.45) is 0. The van der Waals surface area contributed by atoms with Gasteiger partial charge in [-0.25, -0.2) is 4.79 Å². The molecule has 9 nitrogen and oxygen atoms in total. The van der Waals surface area contributed by atoms with Gasteiger partial charge in [0.25, 0.3) is 17.5 Å². The van der Waals surface area contributed by atoms with Crippen LogP contribution >= 0.6 is 11.6 Å². The van der Waals surface area contributed by atoms with Crippen molar-refractivity contribution in [1.82, 2.24) is 5.32 Å². The van der Waals surface area contributed by atoms with Crippen molar-refractivity contribution in [2.75, 3.05) is 11.9 Å². The molecule has 0 aliphatic heterocycles. The van der Waals surface area contributed by atoms with E-state index in [-0.39, 0.29) is 16.4 Å². The van der Waals surface area contributed by atoms with Gasteiger partial charge in [0.05, 0.1) is 4.92 Å². The maximum absolute atomic E-state index is 12.0. The van der Waals surface area contributed by atoms with Crippen LogP contribution in [0.15, 0.2) is 48.5 Å². The molecule has 0 aromatic heterocycles. The number of halogens is 1. The fraction of sp³-hybridized carbons (Fsp3) is 0.167. The molecule has 0 radical (unpaired) electrons. The Balaban J connectivity index is 1.88. The number of esters is 1. The lowest BCUT2D eigenvalue weighted by Gasteiger charge is -2.13. The van der Waals surface area contributed by atoms with Crippen LogP contribution in [-0.4, -0.2) is 35.4 Å². The van der Waals surface area contributed by atoms with Crippen LogP contribution in [0.4, 0.5) is 11.4 Å². The van der Waals surface area contributed by atoms with Gasteiger partial charge in [-0.05, 0) is 31.2 Å². The molecule has 2 aromatic carbocycles. The van der Waals surface area contributed by atoms with Crippen LogP contribution < -0.4 is 10.6 Å². The van der Waals surface area contributed by atoms with Crippen molar-refractivity contribution < 1.29 is 24.0 Å². The topological polar surface area (TPSA) is 128 Å². The highest BCUT2D eigenvalue weighted by Crippen LogP contribution is 2.27. The second kappa shape index (κ2) is 9.47. The third-order valence-corrected chi connectivity index (χ3v) is 3.75. The molecular formula is C18H16ClN3O6. The normalized spacial score (nSPS) is 11.2. The zero-order valence-corrected chi connectivity index (χ0v) is 15.4. The van der Waals surface area contributed by atoms with Gasteiger partial charge in [-0.15, -0.1) is 0 Å². The maximum atomic E-state index is 12.0. The Morgan fingerprint density at radius 3 is 2.50 bits per heavy atom. The van der Waals surface area contributed by atoms with Crippen molar-refractivity contribution in [2.45, 2.75) is 13.0 Å². The summed E-state index contributed by atoms with van der Waals surface area (Å²) in [7, 11) is 0. The maximum Gasteiger partial charge on any atom is 0.328 e. The minimum Gasteiger partial charge on any atom is -0.454 e. The number of ether oxygens (including phenoxy) is 1. The molecule has 10 heteroatoms. The predicted octanol–water partition coefficient (Wildman–Crippen LogP) is 2.55. The van der Waals surface area contributed by atoms with Crippen LogP contribution in [0.3, 0.4) is 0 Å². The lowest BCUT2D eigenvalue weighted by Crippen LogP contribution is -2.40. The molecule has 1 unspecified atom stereocenters. The molecule has 2 rings (SSSR count). The molecule has 28 heavy (non-hydrogen) atoms. The Morgan fingerprint density at radius 1 is 1.18 bits per heavy atom. The molecule has 146 valence electrons. The van der Waals surface area contributed by atoms with Crippen LogP contribution in [0.1, 0.15) is 17.3 Å². The number of rotatable bonds is 7. The molecule has 0 saturated carbocycles. The van der Waals surface area contributed by atoms with Crippen LogP contribution in [0, 0.1) is 10.1 Å². The van der Waals surface area contributed by atoms with Gasteiger partial charge in [0.1, 0.15) is 11.7 Å². The minimum atomic E-state index is -0.999. The van der Waals surface area contributed by atoms with Gasteiger partial charge in [0, 0.05) is 16.7 Å². The van der Waals surface area contributed by atoms with E-state index in [4.69, 9.17) is 16.3 Å². The molecule has 0 fully saturated rings. The number of amides is 2. The minimum absolute atomic E-state index is 0.121. The van der Waals surface area contributed by atoms with Gasteiger partial charge in [0.2, 0.25) is 0 Å². The molecule has 0 spiro atoms. The number of hydrogen-bond acceptors (Lipinski definition) is 6. The van der Waals surface area contributed by atoms with Crippen LogP contribution in [0.2, 0.25) is 5.02 Å². The SMILES string of the molecule is CC(NC(=O)c1ccccc1)C(=O)OCC(=O)Nc1cc(Cl)ccc1[N+](=O)[O-]. The molecule has 2 aromatic rings. The molecule has 1 atom stereocenters. The fourth-order valence-corrected chi connectivity index (χ4v) is 2.32. The van der Waals surface area contributed by atoms with Crippen LogP contribution in [-0.2, 0) is 14.3 Å². The molecule has 0 aliphatic carbocycles. The van der Waals surface area contributed by atoms with Gasteiger partial charge in [-0.1, -0.05) is 29.8 Å². The number of nitrogens with zero attached hydrogens (tertiary/aromatic N) is 1. The molecule has 2 N–H and O–H groups in total. The van der Waals surface area contributed by atoms with Gasteiger partial charge in [0.15, 0.2) is 6.61 Å². The standard InChI is InChI=1S/C18H16ClN3O6/c1-11(20-17(24)12-5-3-2-4-6-12)18(25)28-10-16(23)21-14-9-13(19)7-8-15(14)22(26)27/h2-9,11H,10H2,1H3,(H,20,24)(H,21,23). The monoisotopic (exact) mass is 405 g/mol. The van der Waals surface area contributed by atoms with Gasteiger partial charge in [-0.3, -0.25) is 19.7 Å². The van der Waals surface area contributed by atoms with Gasteiger partial charge >= 0.3 is 5.97 Å². The van der Waals surface area contributed by atoms with Crippen LogP contribution in [0.25, 0.3) is 0 Å². The van der Waals surface area contributed by atoms with Crippen molar-refractivity contribution in [3.8, 4) is 0 Å². The van der Waals surface area contributed by atoms with E-state index in [1.165, 1.54) is 19.1 Å². The van der Waals surface area contributed by atoms with Crippen molar-refractivity contribution >= 4 is 40.8 Å². The van der Waals surface area contributed by atoms with Crippen molar-refractivity contribution in [3.63, 3.8) is 0 Å². The zero-order valence-electron chi connectivity index (χ0n) is 14.7. The highest BCUT2D eigenvalue weighted by atomic mass is 35.5. The Hall–Kier alpha value is -3.46. The molecule has 2 amide bonds. The van der Waals surface area contributed by atoms with Crippen molar-refractivity contribution in [2.24, 2.45) is 0 Å². The van der Waals surface area contributed by atoms with E-state index in [1.807, 2.05) is 0 Å². The first kappa shape index (κ1) is 20.8. The summed E-state index contributed by atoms with van der Waals surface area (Å²) in [5.74, 6) is -2.09. The number of anilines is 1. The number of nitro benzene ring substituents is 1. The summed E-state index contributed by atoms with van der Waals surface area (Å²) in [6.45, 7) is 0.719. The largest absolute Gasteiger partial charge is 0.454 e. The quantitative estimate of drug-likeness (QED) is 0.414. The second-order valence-corrected chi connectivity index (χ2v) is 6.07. The van der Waals surface area contributed by atoms with E-state index >= 15 is 0 Å². The highest BCUT2D eigenvalue weighted by Gasteiger charge is 2.20. The van der Waals surface area contributed by atoms with E-state index in [1.54, 1.807) is 30.3 Å². The number of carbonyl (C=O) groups excluding carboxylic acids is 3. The smallest absolute Gasteiger partial charge is 0.328 e. The van der Waals surface area contributed by atoms with Crippen LogP contribution in [0.5, 0.6) is 0 Å². The Kier molecular flexibility index (Phi) is 7.05. The molecule has 0 aliphatic rings. The number of carbonyl (C=O) groups is 3. The Bertz CT molecular complexity index is 903. The Morgan fingerprint density at radius 2 is 1.86 bits per heavy atom. The average Bonchev–Trinajstić information content (AvgIpc) is 2.66. The molecular weight excluding hydrogens is 390 g/mol. The third-order valence-electron chi connectivity index (χ3n) is 3.51. The highest BCUT2D eigenvalue weighted by molar-refractivity contribution is 6.31. The van der Waals surface area contributed by atoms with E-state index in [2.05, 4.69) is 10.6 Å². The van der Waals surface area contributed by atoms with Crippen molar-refractivity contribution in [1.29, 1.82) is 0 Å². The zero-order chi connectivity index (χ0) is 20.7. The van der Waals surface area contributed by atoms with Crippen molar-refractivity contribution in [3.05, 3.63) is 69.2 Å². The van der Waals surface area contributed by atoms with Gasteiger partial charge in [-0.2, -0.15) is 0 Å². The first-order chi connectivity index (χ1) is 13.3. The first-order valence-corrected chi connectivity index (χ1v) is 8.42. The third kappa shape index (κ3) is 5.78. The Labute approximate surface area is 164 Å². The lowest BCUT2D eigenvalue weighted by molar-refractivity contribution is -0.383. The number of nitrogens with one attached hydrogen (secondary N) is 2. The van der Waals surface area contributed by atoms with Gasteiger partial charge < -0.3 is 15.4 Å². The summed E-state index contributed by atoms with van der Waals surface area (Å²) in [5, 5.41) is 15.9. The predicted molar refractivity (Wildman–Crippen MR) is 101 cm³/mol. The van der Waals surface area contributed by atoms with E-state index < -0.39 is 35.4 Å². The summed E-state index contributed by atoms with van der Waals surface area (Å²) >= 11 is 5.77. The first-order valence-electron chi connectivity index (χ1n) is 8.04. The van der Waals surface area contributed by atoms with E-state index in [0.717, 1.165) is 6.07 Å². The molecule has 0 heterocycles. The summed E-state index contributed by atoms with van der Waals surface area (Å²) < 4.78 is 4.84. The molecule has 0 saturated heterocycles. The van der Waals surface area contributed by atoms with E-state index in [0.29, 0.717) is 5.56 Å². The summed E-state index contributed by atoms with van der Waals surface area (Å²) in [4.78, 5) is 46.2. The number of hydrogen-bond donors (Lipinski definition) is 2. The fourth-order valence-electron chi connectivity index (χ4n) is 2.14. The summed E-state index contributed by atoms with van der Waals surface area (Å²) in [5.41, 5.74) is -0.107. The lowest BCUT2D eigenvalue weighted by atomic mass is 10.2. The second-order valence-electron chi connectivity index (χ2n) is 5.64.